The van der Waals surface area contributed by atoms with Crippen LogP contribution in [0.15, 0.2) is 24.3 Å². The number of hydrogen-bond donors (Lipinski definition) is 0. The number of rotatable bonds is 6. The van der Waals surface area contributed by atoms with Crippen molar-refractivity contribution in [2.45, 2.75) is 19.2 Å². The Morgan fingerprint density at radius 1 is 1.33 bits per heavy atom. The predicted molar refractivity (Wildman–Crippen MR) is 58.6 cm³/mol. The molecular formula is C12H13F3O3. The molecule has 3 nitrogen and oxygen atoms in total. The van der Waals surface area contributed by atoms with E-state index in [-0.39, 0.29) is 23.5 Å². The summed E-state index contributed by atoms with van der Waals surface area (Å²) >= 11 is 0. The van der Waals surface area contributed by atoms with Crippen molar-refractivity contribution in [3.05, 3.63) is 29.8 Å². The number of carbonyl (C=O) groups excluding carboxylic acids is 1. The Labute approximate surface area is 103 Å². The van der Waals surface area contributed by atoms with Crippen LogP contribution in [0.3, 0.4) is 0 Å². The molecule has 0 fully saturated rings. The first-order chi connectivity index (χ1) is 8.42. The maximum Gasteiger partial charge on any atom is 0.573 e. The number of hydrogen-bond acceptors (Lipinski definition) is 3. The minimum atomic E-state index is -4.75. The minimum absolute atomic E-state index is 0.202. The highest BCUT2D eigenvalue weighted by Gasteiger charge is 2.31. The first kappa shape index (κ1) is 14.5. The molecule has 0 aliphatic carbocycles. The summed E-state index contributed by atoms with van der Waals surface area (Å²) in [5.74, 6) is -0.625. The number of alkyl halides is 3. The average Bonchev–Trinajstić information content (AvgIpc) is 2.27. The lowest BCUT2D eigenvalue weighted by Crippen LogP contribution is -2.17. The molecule has 100 valence electrons. The normalized spacial score (nSPS) is 11.3. The molecule has 0 N–H and O–H groups in total. The standard InChI is InChI=1S/C12H13F3O3/c1-17-7-3-6-11(16)9-4-2-5-10(8-9)18-12(13,14)15/h2,4-5,8H,3,6-7H2,1H3. The zero-order chi connectivity index (χ0) is 13.6. The van der Waals surface area contributed by atoms with E-state index in [0.717, 1.165) is 12.1 Å². The molecule has 0 atom stereocenters. The molecule has 0 heterocycles. The van der Waals surface area contributed by atoms with Gasteiger partial charge in [-0.15, -0.1) is 13.2 Å². The summed E-state index contributed by atoms with van der Waals surface area (Å²) < 4.78 is 44.5. The van der Waals surface area contributed by atoms with Crippen LogP contribution in [0.1, 0.15) is 23.2 Å². The highest BCUT2D eigenvalue weighted by Crippen LogP contribution is 2.23. The third-order valence-electron chi connectivity index (χ3n) is 2.14. The highest BCUT2D eigenvalue weighted by molar-refractivity contribution is 5.96. The van der Waals surface area contributed by atoms with Gasteiger partial charge in [-0.2, -0.15) is 0 Å². The van der Waals surface area contributed by atoms with E-state index in [9.17, 15) is 18.0 Å². The van der Waals surface area contributed by atoms with Gasteiger partial charge in [-0.25, -0.2) is 0 Å². The molecule has 0 aromatic heterocycles. The second-order valence-electron chi connectivity index (χ2n) is 3.60. The van der Waals surface area contributed by atoms with Crippen LogP contribution in [-0.4, -0.2) is 25.9 Å². The monoisotopic (exact) mass is 262 g/mol. The molecule has 0 spiro atoms. The highest BCUT2D eigenvalue weighted by atomic mass is 19.4. The van der Waals surface area contributed by atoms with Crippen molar-refractivity contribution < 1.29 is 27.4 Å². The third kappa shape index (κ3) is 5.18. The van der Waals surface area contributed by atoms with E-state index in [4.69, 9.17) is 4.74 Å². The van der Waals surface area contributed by atoms with Crippen LogP contribution in [0, 0.1) is 0 Å². The SMILES string of the molecule is COCCCC(=O)c1cccc(OC(F)(F)F)c1. The van der Waals surface area contributed by atoms with Gasteiger partial charge in [0, 0.05) is 25.7 Å². The van der Waals surface area contributed by atoms with Gasteiger partial charge in [-0.1, -0.05) is 12.1 Å². The average molecular weight is 262 g/mol. The molecule has 0 aliphatic heterocycles. The molecule has 0 aliphatic rings. The molecule has 0 saturated heterocycles. The van der Waals surface area contributed by atoms with E-state index in [1.807, 2.05) is 0 Å². The van der Waals surface area contributed by atoms with Crippen molar-refractivity contribution >= 4 is 5.78 Å². The van der Waals surface area contributed by atoms with Crippen LogP contribution in [0.25, 0.3) is 0 Å². The van der Waals surface area contributed by atoms with Crippen molar-refractivity contribution in [2.75, 3.05) is 13.7 Å². The smallest absolute Gasteiger partial charge is 0.406 e. The van der Waals surface area contributed by atoms with Gasteiger partial charge < -0.3 is 9.47 Å². The quantitative estimate of drug-likeness (QED) is 0.583. The fourth-order valence-corrected chi connectivity index (χ4v) is 1.39. The lowest BCUT2D eigenvalue weighted by Gasteiger charge is -2.09. The summed E-state index contributed by atoms with van der Waals surface area (Å²) in [7, 11) is 1.52. The van der Waals surface area contributed by atoms with Crippen LogP contribution >= 0.6 is 0 Å². The summed E-state index contributed by atoms with van der Waals surface area (Å²) in [6, 6.07) is 5.05. The Hall–Kier alpha value is -1.56. The first-order valence-corrected chi connectivity index (χ1v) is 5.30. The van der Waals surface area contributed by atoms with Crippen molar-refractivity contribution in [3.63, 3.8) is 0 Å². The van der Waals surface area contributed by atoms with E-state index in [0.29, 0.717) is 13.0 Å². The summed E-state index contributed by atoms with van der Waals surface area (Å²) in [5.41, 5.74) is 0.202. The van der Waals surface area contributed by atoms with Crippen molar-refractivity contribution in [1.29, 1.82) is 0 Å². The van der Waals surface area contributed by atoms with Crippen LogP contribution in [0.4, 0.5) is 13.2 Å². The fraction of sp³-hybridized carbons (Fsp3) is 0.417. The summed E-state index contributed by atoms with van der Waals surface area (Å²) in [5, 5.41) is 0. The molecule has 0 unspecified atom stereocenters. The fourth-order valence-electron chi connectivity index (χ4n) is 1.39. The van der Waals surface area contributed by atoms with Gasteiger partial charge in [0.15, 0.2) is 5.78 Å². The number of methoxy groups -OCH3 is 1. The van der Waals surface area contributed by atoms with Crippen LogP contribution in [0.2, 0.25) is 0 Å². The number of Topliss-reactive ketones (excluding diaryl/α,β-unsaturated/α-hetero) is 1. The molecule has 0 amide bonds. The van der Waals surface area contributed by atoms with E-state index >= 15 is 0 Å². The maximum atomic E-state index is 12.0. The van der Waals surface area contributed by atoms with Gasteiger partial charge in [0.1, 0.15) is 5.75 Å². The molecule has 0 bridgehead atoms. The molecule has 6 heteroatoms. The summed E-state index contributed by atoms with van der Waals surface area (Å²) in [6.45, 7) is 0.435. The van der Waals surface area contributed by atoms with Gasteiger partial charge >= 0.3 is 6.36 Å². The molecule has 0 radical (unpaired) electrons. The zero-order valence-corrected chi connectivity index (χ0v) is 9.79. The van der Waals surface area contributed by atoms with Crippen LogP contribution < -0.4 is 4.74 Å². The minimum Gasteiger partial charge on any atom is -0.406 e. The van der Waals surface area contributed by atoms with Gasteiger partial charge in [0.05, 0.1) is 0 Å². The van der Waals surface area contributed by atoms with Crippen molar-refractivity contribution in [2.24, 2.45) is 0 Å². The second kappa shape index (κ2) is 6.39. The third-order valence-corrected chi connectivity index (χ3v) is 2.14. The van der Waals surface area contributed by atoms with Crippen LogP contribution in [0.5, 0.6) is 5.75 Å². The lowest BCUT2D eigenvalue weighted by atomic mass is 10.1. The van der Waals surface area contributed by atoms with Crippen molar-refractivity contribution in [3.8, 4) is 5.75 Å². The largest absolute Gasteiger partial charge is 0.573 e. The Kier molecular flexibility index (Phi) is 5.15. The molecule has 1 rings (SSSR count). The second-order valence-corrected chi connectivity index (χ2v) is 3.60. The molecule has 0 saturated carbocycles. The number of benzene rings is 1. The van der Waals surface area contributed by atoms with E-state index < -0.39 is 6.36 Å². The van der Waals surface area contributed by atoms with Crippen molar-refractivity contribution in [1.82, 2.24) is 0 Å². The molecular weight excluding hydrogens is 249 g/mol. The van der Waals surface area contributed by atoms with Gasteiger partial charge in [-0.05, 0) is 18.6 Å². The van der Waals surface area contributed by atoms with Crippen LogP contribution in [-0.2, 0) is 4.74 Å². The Balaban J connectivity index is 2.66. The molecule has 1 aromatic carbocycles. The first-order valence-electron chi connectivity index (χ1n) is 5.30. The van der Waals surface area contributed by atoms with E-state index in [1.54, 1.807) is 0 Å². The predicted octanol–water partition coefficient (Wildman–Crippen LogP) is 3.19. The van der Waals surface area contributed by atoms with Gasteiger partial charge in [0.25, 0.3) is 0 Å². The number of halogens is 3. The maximum absolute atomic E-state index is 12.0. The summed E-state index contributed by atoms with van der Waals surface area (Å²) in [6.07, 6.45) is -4.00. The number of carbonyl (C=O) groups is 1. The Bertz CT molecular complexity index is 402. The van der Waals surface area contributed by atoms with E-state index in [1.165, 1.54) is 19.2 Å². The zero-order valence-electron chi connectivity index (χ0n) is 9.79. The Morgan fingerprint density at radius 3 is 2.67 bits per heavy atom. The van der Waals surface area contributed by atoms with Gasteiger partial charge in [0.2, 0.25) is 0 Å². The van der Waals surface area contributed by atoms with Gasteiger partial charge in [-0.3, -0.25) is 4.79 Å². The molecule has 1 aromatic rings. The number of ether oxygens (including phenoxy) is 2. The molecule has 18 heavy (non-hydrogen) atoms. The lowest BCUT2D eigenvalue weighted by molar-refractivity contribution is -0.274. The summed E-state index contributed by atoms with van der Waals surface area (Å²) in [4.78, 5) is 11.6. The Morgan fingerprint density at radius 2 is 2.06 bits per heavy atom. The van der Waals surface area contributed by atoms with E-state index in [2.05, 4.69) is 4.74 Å². The topological polar surface area (TPSA) is 35.5 Å². The number of ketones is 1.